The van der Waals surface area contributed by atoms with Crippen molar-refractivity contribution in [3.63, 3.8) is 0 Å². The second-order valence-corrected chi connectivity index (χ2v) is 7.13. The van der Waals surface area contributed by atoms with Gasteiger partial charge in [-0.25, -0.2) is 0 Å². The third kappa shape index (κ3) is 4.26. The number of thioether (sulfide) groups is 1. The van der Waals surface area contributed by atoms with Gasteiger partial charge in [0.1, 0.15) is 6.10 Å². The second-order valence-electron chi connectivity index (χ2n) is 5.55. The highest BCUT2D eigenvalue weighted by Crippen LogP contribution is 2.33. The van der Waals surface area contributed by atoms with E-state index in [4.69, 9.17) is 10.5 Å². The molecule has 4 nitrogen and oxygen atoms in total. The van der Waals surface area contributed by atoms with Crippen molar-refractivity contribution in [1.82, 2.24) is 4.90 Å². The Bertz CT molecular complexity index is 320. The Morgan fingerprint density at radius 1 is 1.35 bits per heavy atom. The summed E-state index contributed by atoms with van der Waals surface area (Å²) in [6, 6.07) is 0.400. The number of hydrogen-bond donors (Lipinski definition) is 1. The van der Waals surface area contributed by atoms with E-state index in [1.165, 1.54) is 12.2 Å². The molecule has 0 aromatic rings. The van der Waals surface area contributed by atoms with Gasteiger partial charge in [0.15, 0.2) is 0 Å². The molecular weight excluding hydrogens is 296 g/mol. The molecule has 1 amide bonds. The zero-order chi connectivity index (χ0) is 13.8. The molecule has 1 saturated heterocycles. The first-order valence-electron chi connectivity index (χ1n) is 7.39. The summed E-state index contributed by atoms with van der Waals surface area (Å²) in [5.74, 6) is 1.32. The van der Waals surface area contributed by atoms with Gasteiger partial charge >= 0.3 is 0 Å². The molecule has 2 N–H and O–H groups in total. The molecule has 1 aliphatic heterocycles. The van der Waals surface area contributed by atoms with Gasteiger partial charge < -0.3 is 15.4 Å². The van der Waals surface area contributed by atoms with E-state index >= 15 is 0 Å². The molecule has 0 aromatic heterocycles. The largest absolute Gasteiger partial charge is 0.364 e. The van der Waals surface area contributed by atoms with E-state index in [2.05, 4.69) is 6.92 Å². The number of halogens is 1. The monoisotopic (exact) mass is 322 g/mol. The van der Waals surface area contributed by atoms with E-state index in [0.717, 1.165) is 30.9 Å². The van der Waals surface area contributed by atoms with E-state index in [9.17, 15) is 4.79 Å². The van der Waals surface area contributed by atoms with Crippen molar-refractivity contribution in [3.8, 4) is 0 Å². The smallest absolute Gasteiger partial charge is 0.251 e. The molecule has 0 aromatic carbocycles. The summed E-state index contributed by atoms with van der Waals surface area (Å²) >= 11 is 2.02. The Hall–Kier alpha value is 0.0300. The van der Waals surface area contributed by atoms with Gasteiger partial charge in [-0.05, 0) is 37.9 Å². The Kier molecular flexibility index (Phi) is 7.65. The van der Waals surface area contributed by atoms with Crippen molar-refractivity contribution in [3.05, 3.63) is 0 Å². The van der Waals surface area contributed by atoms with Gasteiger partial charge in [-0.1, -0.05) is 6.92 Å². The van der Waals surface area contributed by atoms with Crippen molar-refractivity contribution in [2.75, 3.05) is 19.3 Å². The molecule has 2 fully saturated rings. The standard InChI is InChI=1S/C14H26N2O2S.ClH/c1-3-19-12-6-4-10(8-12)16(2)14(17)13-7-5-11(9-15)18-13;/h10-13H,3-9,15H2,1-2H3;1H/t10?,11-,12?,13+;/m1./s1. The van der Waals surface area contributed by atoms with Crippen molar-refractivity contribution < 1.29 is 9.53 Å². The Balaban J connectivity index is 0.00000200. The Labute approximate surface area is 132 Å². The quantitative estimate of drug-likeness (QED) is 0.841. The van der Waals surface area contributed by atoms with Crippen LogP contribution in [0.3, 0.4) is 0 Å². The first kappa shape index (κ1) is 18.1. The maximum atomic E-state index is 12.4. The molecule has 0 bridgehead atoms. The van der Waals surface area contributed by atoms with Gasteiger partial charge in [0.05, 0.1) is 6.10 Å². The Morgan fingerprint density at radius 3 is 2.70 bits per heavy atom. The molecule has 6 heteroatoms. The van der Waals surface area contributed by atoms with Crippen LogP contribution in [0.4, 0.5) is 0 Å². The van der Waals surface area contributed by atoms with Crippen LogP contribution in [0.2, 0.25) is 0 Å². The lowest BCUT2D eigenvalue weighted by molar-refractivity contribution is -0.143. The van der Waals surface area contributed by atoms with Crippen LogP contribution in [-0.4, -0.2) is 53.7 Å². The fourth-order valence-electron chi connectivity index (χ4n) is 3.12. The molecule has 1 heterocycles. The third-order valence-electron chi connectivity index (χ3n) is 4.30. The summed E-state index contributed by atoms with van der Waals surface area (Å²) in [6.45, 7) is 2.72. The molecule has 118 valence electrons. The number of amides is 1. The van der Waals surface area contributed by atoms with Crippen LogP contribution in [0.5, 0.6) is 0 Å². The number of carbonyl (C=O) groups excluding carboxylic acids is 1. The normalized spacial score (nSPS) is 33.0. The SMILES string of the molecule is CCSC1CCC(N(C)C(=O)[C@@H]2CC[C@H](CN)O2)C1.Cl. The summed E-state index contributed by atoms with van der Waals surface area (Å²) in [5.41, 5.74) is 5.59. The summed E-state index contributed by atoms with van der Waals surface area (Å²) in [5, 5.41) is 0.728. The maximum Gasteiger partial charge on any atom is 0.251 e. The minimum Gasteiger partial charge on any atom is -0.364 e. The zero-order valence-electron chi connectivity index (χ0n) is 12.4. The number of hydrogen-bond acceptors (Lipinski definition) is 4. The number of carbonyl (C=O) groups is 1. The van der Waals surface area contributed by atoms with E-state index in [0.29, 0.717) is 12.6 Å². The van der Waals surface area contributed by atoms with Gasteiger partial charge in [-0.3, -0.25) is 4.79 Å². The lowest BCUT2D eigenvalue weighted by Crippen LogP contribution is -2.42. The van der Waals surface area contributed by atoms with E-state index < -0.39 is 0 Å². The highest BCUT2D eigenvalue weighted by Gasteiger charge is 2.36. The van der Waals surface area contributed by atoms with Crippen LogP contribution in [0.15, 0.2) is 0 Å². The highest BCUT2D eigenvalue weighted by atomic mass is 35.5. The summed E-state index contributed by atoms with van der Waals surface area (Å²) < 4.78 is 5.71. The van der Waals surface area contributed by atoms with Gasteiger partial charge in [0.25, 0.3) is 5.91 Å². The minimum absolute atomic E-state index is 0. The van der Waals surface area contributed by atoms with Crippen LogP contribution in [-0.2, 0) is 9.53 Å². The number of likely N-dealkylation sites (N-methyl/N-ethyl adjacent to an activating group) is 1. The van der Waals surface area contributed by atoms with Crippen molar-refractivity contribution >= 4 is 30.1 Å². The first-order valence-corrected chi connectivity index (χ1v) is 8.44. The zero-order valence-corrected chi connectivity index (χ0v) is 14.0. The average molecular weight is 323 g/mol. The van der Waals surface area contributed by atoms with Gasteiger partial charge in [0.2, 0.25) is 0 Å². The van der Waals surface area contributed by atoms with Crippen molar-refractivity contribution in [2.24, 2.45) is 5.73 Å². The maximum absolute atomic E-state index is 12.4. The molecule has 1 aliphatic carbocycles. The molecule has 2 unspecified atom stereocenters. The van der Waals surface area contributed by atoms with Gasteiger partial charge in [0, 0.05) is 24.9 Å². The highest BCUT2D eigenvalue weighted by molar-refractivity contribution is 7.99. The molecule has 0 spiro atoms. The fraction of sp³-hybridized carbons (Fsp3) is 0.929. The molecule has 20 heavy (non-hydrogen) atoms. The first-order chi connectivity index (χ1) is 9.15. The van der Waals surface area contributed by atoms with E-state index in [-0.39, 0.29) is 30.5 Å². The lowest BCUT2D eigenvalue weighted by Gasteiger charge is -2.27. The predicted octanol–water partition coefficient (Wildman–Crippen LogP) is 2.05. The lowest BCUT2D eigenvalue weighted by atomic mass is 10.1. The molecule has 1 saturated carbocycles. The topological polar surface area (TPSA) is 55.6 Å². The van der Waals surface area contributed by atoms with E-state index in [1.54, 1.807) is 0 Å². The van der Waals surface area contributed by atoms with Crippen molar-refractivity contribution in [1.29, 1.82) is 0 Å². The fourth-order valence-corrected chi connectivity index (χ4v) is 4.26. The van der Waals surface area contributed by atoms with Crippen molar-refractivity contribution in [2.45, 2.75) is 62.5 Å². The average Bonchev–Trinajstić information content (AvgIpc) is 3.06. The number of ether oxygens (including phenoxy) is 1. The summed E-state index contributed by atoms with van der Waals surface area (Å²) in [7, 11) is 1.94. The van der Waals surface area contributed by atoms with E-state index in [1.807, 2.05) is 23.7 Å². The minimum atomic E-state index is -0.253. The summed E-state index contributed by atoms with van der Waals surface area (Å²) in [4.78, 5) is 14.3. The molecule has 0 radical (unpaired) electrons. The van der Waals surface area contributed by atoms with Gasteiger partial charge in [-0.15, -0.1) is 12.4 Å². The third-order valence-corrected chi connectivity index (χ3v) is 5.53. The van der Waals surface area contributed by atoms with Crippen LogP contribution >= 0.6 is 24.2 Å². The Morgan fingerprint density at radius 2 is 2.10 bits per heavy atom. The van der Waals surface area contributed by atoms with Gasteiger partial charge in [-0.2, -0.15) is 11.8 Å². The second kappa shape index (κ2) is 8.47. The van der Waals surface area contributed by atoms with Crippen LogP contribution in [0.25, 0.3) is 0 Å². The number of nitrogens with zero attached hydrogens (tertiary/aromatic N) is 1. The van der Waals surface area contributed by atoms with Crippen LogP contribution in [0, 0.1) is 0 Å². The number of nitrogens with two attached hydrogens (primary N) is 1. The molecular formula is C14H27ClN2O2S. The molecule has 2 aliphatic rings. The predicted molar refractivity (Wildman–Crippen MR) is 86.5 cm³/mol. The number of rotatable bonds is 5. The molecule has 2 rings (SSSR count). The van der Waals surface area contributed by atoms with Crippen LogP contribution in [0.1, 0.15) is 39.0 Å². The summed E-state index contributed by atoms with van der Waals surface area (Å²) in [6.07, 6.45) is 5.06. The van der Waals surface area contributed by atoms with Crippen LogP contribution < -0.4 is 5.73 Å². The molecule has 4 atom stereocenters.